The molecule has 6 rings (SSSR count). The molecule has 0 spiro atoms. The summed E-state index contributed by atoms with van der Waals surface area (Å²) in [5.74, 6) is 3.25. The molecule has 0 fully saturated rings. The summed E-state index contributed by atoms with van der Waals surface area (Å²) in [5, 5.41) is 17.5. The molecule has 0 aromatic carbocycles. The SMILES string of the molecule is Cc1c(-c2ccn(C(C)C)n2)cn2nc(-c3nccn3C)nc(Nc3cc4n(n3)CCO4)c12. The van der Waals surface area contributed by atoms with Gasteiger partial charge in [0.2, 0.25) is 11.7 Å². The minimum atomic E-state index is 0.285. The van der Waals surface area contributed by atoms with E-state index in [-0.39, 0.29) is 6.04 Å². The van der Waals surface area contributed by atoms with Crippen molar-refractivity contribution in [1.82, 2.24) is 43.7 Å². The number of hydrogen-bond acceptors (Lipinski definition) is 7. The number of fused-ring (bicyclic) bond motifs is 2. The molecule has 11 nitrogen and oxygen atoms in total. The van der Waals surface area contributed by atoms with Crippen LogP contribution >= 0.6 is 0 Å². The van der Waals surface area contributed by atoms with Crippen LogP contribution in [0.3, 0.4) is 0 Å². The zero-order valence-corrected chi connectivity index (χ0v) is 18.9. The van der Waals surface area contributed by atoms with Gasteiger partial charge >= 0.3 is 0 Å². The molecule has 1 N–H and O–H groups in total. The van der Waals surface area contributed by atoms with Gasteiger partial charge in [-0.05, 0) is 32.4 Å². The lowest BCUT2D eigenvalue weighted by atomic mass is 10.1. The summed E-state index contributed by atoms with van der Waals surface area (Å²) in [6, 6.07) is 4.20. The number of nitrogens with one attached hydrogen (secondary N) is 1. The second-order valence-electron chi connectivity index (χ2n) is 8.45. The van der Waals surface area contributed by atoms with Crippen molar-refractivity contribution >= 4 is 17.2 Å². The van der Waals surface area contributed by atoms with Gasteiger partial charge in [0.25, 0.3) is 0 Å². The van der Waals surface area contributed by atoms with E-state index in [0.717, 1.165) is 34.8 Å². The van der Waals surface area contributed by atoms with Crippen molar-refractivity contribution in [2.45, 2.75) is 33.4 Å². The zero-order valence-electron chi connectivity index (χ0n) is 18.9. The highest BCUT2D eigenvalue weighted by Gasteiger charge is 2.21. The molecule has 5 aromatic heterocycles. The lowest BCUT2D eigenvalue weighted by Crippen LogP contribution is -2.07. The number of anilines is 2. The first-order valence-corrected chi connectivity index (χ1v) is 10.9. The topological polar surface area (TPSA) is 105 Å². The molecule has 1 aliphatic heterocycles. The molecule has 11 heteroatoms. The molecule has 0 saturated carbocycles. The van der Waals surface area contributed by atoms with E-state index in [1.54, 1.807) is 6.20 Å². The molecule has 168 valence electrons. The fourth-order valence-corrected chi connectivity index (χ4v) is 4.12. The quantitative estimate of drug-likeness (QED) is 0.444. The maximum atomic E-state index is 5.61. The summed E-state index contributed by atoms with van der Waals surface area (Å²) in [4.78, 5) is 9.27. The van der Waals surface area contributed by atoms with E-state index in [1.807, 2.05) is 56.2 Å². The Morgan fingerprint density at radius 1 is 1.15 bits per heavy atom. The van der Waals surface area contributed by atoms with Crippen molar-refractivity contribution in [3.63, 3.8) is 0 Å². The van der Waals surface area contributed by atoms with E-state index >= 15 is 0 Å². The second-order valence-corrected chi connectivity index (χ2v) is 8.45. The molecule has 0 radical (unpaired) electrons. The van der Waals surface area contributed by atoms with Crippen LogP contribution < -0.4 is 10.1 Å². The molecule has 1 aliphatic rings. The molecule has 0 unspecified atom stereocenters. The van der Waals surface area contributed by atoms with Gasteiger partial charge in [0.1, 0.15) is 12.1 Å². The number of aromatic nitrogens is 9. The van der Waals surface area contributed by atoms with Gasteiger partial charge in [-0.25, -0.2) is 19.2 Å². The Balaban J connectivity index is 1.52. The van der Waals surface area contributed by atoms with E-state index in [1.165, 1.54) is 0 Å². The van der Waals surface area contributed by atoms with Crippen LogP contribution in [0.2, 0.25) is 0 Å². The summed E-state index contributed by atoms with van der Waals surface area (Å²) < 4.78 is 13.1. The van der Waals surface area contributed by atoms with Crippen LogP contribution in [0, 0.1) is 6.92 Å². The van der Waals surface area contributed by atoms with E-state index in [2.05, 4.69) is 36.2 Å². The molecule has 33 heavy (non-hydrogen) atoms. The molecule has 0 bridgehead atoms. The summed E-state index contributed by atoms with van der Waals surface area (Å²) in [6.45, 7) is 7.66. The van der Waals surface area contributed by atoms with Crippen LogP contribution in [-0.4, -0.2) is 50.3 Å². The van der Waals surface area contributed by atoms with Crippen molar-refractivity contribution in [2.24, 2.45) is 7.05 Å². The Labute approximate surface area is 189 Å². The van der Waals surface area contributed by atoms with Crippen molar-refractivity contribution < 1.29 is 4.74 Å². The largest absolute Gasteiger partial charge is 0.476 e. The van der Waals surface area contributed by atoms with Crippen molar-refractivity contribution in [3.05, 3.63) is 42.5 Å². The van der Waals surface area contributed by atoms with Crippen LogP contribution in [0.15, 0.2) is 36.9 Å². The summed E-state index contributed by atoms with van der Waals surface area (Å²) in [5.41, 5.74) is 3.78. The fraction of sp³-hybridized carbons (Fsp3) is 0.318. The van der Waals surface area contributed by atoms with Crippen molar-refractivity contribution in [2.75, 3.05) is 11.9 Å². The molecule has 0 saturated heterocycles. The van der Waals surface area contributed by atoms with E-state index in [4.69, 9.17) is 19.9 Å². The molecular formula is C22H24N10O. The molecule has 0 amide bonds. The first-order chi connectivity index (χ1) is 16.0. The zero-order chi connectivity index (χ0) is 22.7. The van der Waals surface area contributed by atoms with Gasteiger partial charge < -0.3 is 14.6 Å². The Bertz CT molecular complexity index is 1460. The normalized spacial score (nSPS) is 13.1. The Hall–Kier alpha value is -4.15. The Kier molecular flexibility index (Phi) is 4.25. The highest BCUT2D eigenvalue weighted by atomic mass is 16.5. The second kappa shape index (κ2) is 7.19. The number of imidazole rings is 1. The standard InChI is InChI=1S/C22H24N10O/c1-13(2)30-7-5-16(26-30)15-12-32-19(14(15)3)20(24-17-11-18-31(27-17)9-10-33-18)25-21(28-32)22-23-6-8-29(22)4/h5-8,11-13H,9-10H2,1-4H3,(H,24,25,27,28). The third-order valence-corrected chi connectivity index (χ3v) is 5.86. The smallest absolute Gasteiger partial charge is 0.218 e. The third-order valence-electron chi connectivity index (χ3n) is 5.86. The minimum Gasteiger partial charge on any atom is -0.476 e. The maximum Gasteiger partial charge on any atom is 0.218 e. The van der Waals surface area contributed by atoms with Crippen molar-refractivity contribution in [3.8, 4) is 28.8 Å². The predicted molar refractivity (Wildman–Crippen MR) is 123 cm³/mol. The van der Waals surface area contributed by atoms with E-state index in [0.29, 0.717) is 29.9 Å². The van der Waals surface area contributed by atoms with Crippen LogP contribution in [0.4, 0.5) is 11.6 Å². The van der Waals surface area contributed by atoms with Crippen molar-refractivity contribution in [1.29, 1.82) is 0 Å². The molecule has 6 heterocycles. The Morgan fingerprint density at radius 2 is 2.03 bits per heavy atom. The average molecular weight is 445 g/mol. The third kappa shape index (κ3) is 3.15. The summed E-state index contributed by atoms with van der Waals surface area (Å²) >= 11 is 0. The molecular weight excluding hydrogens is 420 g/mol. The van der Waals surface area contributed by atoms with Gasteiger partial charge in [0, 0.05) is 49.5 Å². The first kappa shape index (κ1) is 19.5. The monoisotopic (exact) mass is 444 g/mol. The predicted octanol–water partition coefficient (Wildman–Crippen LogP) is 3.22. The fourth-order valence-electron chi connectivity index (χ4n) is 4.12. The van der Waals surface area contributed by atoms with Crippen LogP contribution in [0.1, 0.15) is 25.5 Å². The average Bonchev–Trinajstić information content (AvgIpc) is 3.56. The van der Waals surface area contributed by atoms with Crippen LogP contribution in [0.5, 0.6) is 5.88 Å². The highest BCUT2D eigenvalue weighted by Crippen LogP contribution is 2.33. The lowest BCUT2D eigenvalue weighted by molar-refractivity contribution is 0.357. The van der Waals surface area contributed by atoms with Gasteiger partial charge in [-0.3, -0.25) is 4.68 Å². The number of hydrogen-bond donors (Lipinski definition) is 1. The lowest BCUT2D eigenvalue weighted by Gasteiger charge is -2.09. The van der Waals surface area contributed by atoms with Gasteiger partial charge in [0.05, 0.1) is 12.2 Å². The summed E-state index contributed by atoms with van der Waals surface area (Å²) in [6.07, 6.45) is 7.60. The van der Waals surface area contributed by atoms with Crippen LogP contribution in [-0.2, 0) is 13.6 Å². The highest BCUT2D eigenvalue weighted by molar-refractivity contribution is 5.84. The number of aryl methyl sites for hydroxylation is 2. The van der Waals surface area contributed by atoms with Gasteiger partial charge in [0.15, 0.2) is 17.5 Å². The maximum absolute atomic E-state index is 5.61. The van der Waals surface area contributed by atoms with E-state index < -0.39 is 0 Å². The van der Waals surface area contributed by atoms with Gasteiger partial charge in [-0.15, -0.1) is 5.10 Å². The number of nitrogens with zero attached hydrogens (tertiary/aromatic N) is 9. The summed E-state index contributed by atoms with van der Waals surface area (Å²) in [7, 11) is 1.92. The Morgan fingerprint density at radius 3 is 2.76 bits per heavy atom. The van der Waals surface area contributed by atoms with Gasteiger partial charge in [-0.2, -0.15) is 10.2 Å². The minimum absolute atomic E-state index is 0.285. The molecule has 0 aliphatic carbocycles. The molecule has 0 atom stereocenters. The number of ether oxygens (including phenoxy) is 1. The first-order valence-electron chi connectivity index (χ1n) is 10.9. The number of rotatable bonds is 5. The van der Waals surface area contributed by atoms with Crippen LogP contribution in [0.25, 0.3) is 28.4 Å². The molecule has 5 aromatic rings. The van der Waals surface area contributed by atoms with Gasteiger partial charge in [-0.1, -0.05) is 0 Å². The van der Waals surface area contributed by atoms with E-state index in [9.17, 15) is 0 Å².